The number of aliphatic carboxylic acids is 1. The average molecular weight is 268 g/mol. The van der Waals surface area contributed by atoms with Crippen molar-refractivity contribution in [1.82, 2.24) is 0 Å². The highest BCUT2D eigenvalue weighted by Crippen LogP contribution is 2.39. The van der Waals surface area contributed by atoms with Gasteiger partial charge in [-0.3, -0.25) is 0 Å². The summed E-state index contributed by atoms with van der Waals surface area (Å²) < 4.78 is 5.29. The zero-order valence-corrected chi connectivity index (χ0v) is 12.0. The number of esters is 1. The van der Waals surface area contributed by atoms with Gasteiger partial charge >= 0.3 is 11.9 Å². The molecule has 108 valence electrons. The van der Waals surface area contributed by atoms with Crippen molar-refractivity contribution in [1.29, 1.82) is 0 Å². The Hall–Kier alpha value is -1.58. The molecule has 1 fully saturated rings. The first-order valence-corrected chi connectivity index (χ1v) is 6.38. The Kier molecular flexibility index (Phi) is 7.12. The van der Waals surface area contributed by atoms with E-state index in [1.807, 2.05) is 0 Å². The third kappa shape index (κ3) is 8.19. The lowest BCUT2D eigenvalue weighted by Gasteiger charge is -2.38. The summed E-state index contributed by atoms with van der Waals surface area (Å²) in [6.07, 6.45) is 5.33. The zero-order chi connectivity index (χ0) is 15.1. The lowest BCUT2D eigenvalue weighted by atomic mass is 9.71. The molecule has 0 saturated heterocycles. The Morgan fingerprint density at radius 3 is 2.16 bits per heavy atom. The molecule has 0 radical (unpaired) electrons. The summed E-state index contributed by atoms with van der Waals surface area (Å²) in [7, 11) is 0. The molecular formula is C15H24O4. The molecule has 2 atom stereocenters. The van der Waals surface area contributed by atoms with Crippen molar-refractivity contribution in [2.45, 2.75) is 46.1 Å². The summed E-state index contributed by atoms with van der Waals surface area (Å²) in [4.78, 5) is 20.3. The molecule has 0 bridgehead atoms. The predicted octanol–water partition coefficient (Wildman–Crippen LogP) is 3.19. The summed E-state index contributed by atoms with van der Waals surface area (Å²) in [6, 6.07) is 0. The Morgan fingerprint density at radius 2 is 1.79 bits per heavy atom. The van der Waals surface area contributed by atoms with Crippen LogP contribution in [0.4, 0.5) is 0 Å². The van der Waals surface area contributed by atoms with Gasteiger partial charge in [0, 0.05) is 12.2 Å². The predicted molar refractivity (Wildman–Crippen MR) is 74.7 cm³/mol. The van der Waals surface area contributed by atoms with E-state index in [-0.39, 0.29) is 12.1 Å². The lowest BCUT2D eigenvalue weighted by Crippen LogP contribution is -2.33. The molecule has 0 amide bonds. The van der Waals surface area contributed by atoms with Crippen molar-refractivity contribution in [3.63, 3.8) is 0 Å². The highest BCUT2D eigenvalue weighted by molar-refractivity contribution is 5.81. The highest BCUT2D eigenvalue weighted by atomic mass is 16.5. The van der Waals surface area contributed by atoms with Gasteiger partial charge in [-0.05, 0) is 30.6 Å². The minimum atomic E-state index is -0.981. The summed E-state index contributed by atoms with van der Waals surface area (Å²) in [5.74, 6) is -0.633. The molecule has 1 aliphatic rings. The number of carbonyl (C=O) groups is 2. The van der Waals surface area contributed by atoms with Crippen LogP contribution in [0.3, 0.4) is 0 Å². The molecule has 19 heavy (non-hydrogen) atoms. The van der Waals surface area contributed by atoms with Gasteiger partial charge in [-0.1, -0.05) is 33.9 Å². The quantitative estimate of drug-likeness (QED) is 0.630. The number of rotatable bonds is 3. The lowest BCUT2D eigenvalue weighted by molar-refractivity contribution is -0.147. The fraction of sp³-hybridized carbons (Fsp3) is 0.600. The number of carbonyl (C=O) groups excluding carboxylic acids is 1. The summed E-state index contributed by atoms with van der Waals surface area (Å²) in [5.41, 5.74) is 0.295. The molecule has 4 heteroatoms. The Bertz CT molecular complexity index is 344. The molecule has 2 unspecified atom stereocenters. The third-order valence-electron chi connectivity index (χ3n) is 2.97. The van der Waals surface area contributed by atoms with E-state index in [1.165, 1.54) is 12.5 Å². The van der Waals surface area contributed by atoms with Crippen molar-refractivity contribution < 1.29 is 19.4 Å². The first-order valence-electron chi connectivity index (χ1n) is 6.38. The molecular weight excluding hydrogens is 244 g/mol. The van der Waals surface area contributed by atoms with Crippen LogP contribution in [0, 0.1) is 11.3 Å². The largest absolute Gasteiger partial charge is 0.478 e. The second-order valence-corrected chi connectivity index (χ2v) is 5.72. The van der Waals surface area contributed by atoms with Crippen LogP contribution in [0.2, 0.25) is 0 Å². The van der Waals surface area contributed by atoms with Crippen LogP contribution < -0.4 is 0 Å². The Labute approximate surface area is 115 Å². The van der Waals surface area contributed by atoms with Crippen molar-refractivity contribution >= 4 is 11.9 Å². The maximum atomic E-state index is 11.1. The fourth-order valence-electron chi connectivity index (χ4n) is 2.56. The number of carboxylic acid groups (broad SMARTS) is 1. The molecule has 0 spiro atoms. The van der Waals surface area contributed by atoms with Gasteiger partial charge in [0.1, 0.15) is 6.10 Å². The third-order valence-corrected chi connectivity index (χ3v) is 2.97. The normalized spacial score (nSPS) is 24.4. The minimum absolute atomic E-state index is 0.0826. The van der Waals surface area contributed by atoms with Crippen LogP contribution in [0.25, 0.3) is 0 Å². The van der Waals surface area contributed by atoms with Crippen LogP contribution in [-0.4, -0.2) is 23.1 Å². The van der Waals surface area contributed by atoms with Gasteiger partial charge in [0.15, 0.2) is 0 Å². The molecule has 1 rings (SSSR count). The van der Waals surface area contributed by atoms with E-state index >= 15 is 0 Å². The van der Waals surface area contributed by atoms with Gasteiger partial charge < -0.3 is 9.84 Å². The van der Waals surface area contributed by atoms with Crippen LogP contribution in [0.5, 0.6) is 0 Å². The van der Waals surface area contributed by atoms with E-state index in [4.69, 9.17) is 9.84 Å². The smallest absolute Gasteiger partial charge is 0.330 e. The summed E-state index contributed by atoms with van der Waals surface area (Å²) >= 11 is 0. The van der Waals surface area contributed by atoms with Gasteiger partial charge in [0.05, 0.1) is 0 Å². The van der Waals surface area contributed by atoms with E-state index in [0.29, 0.717) is 11.3 Å². The maximum absolute atomic E-state index is 11.1. The van der Waals surface area contributed by atoms with Crippen LogP contribution in [-0.2, 0) is 14.3 Å². The second kappa shape index (κ2) is 7.77. The van der Waals surface area contributed by atoms with E-state index in [2.05, 4.69) is 33.9 Å². The van der Waals surface area contributed by atoms with E-state index < -0.39 is 5.97 Å². The van der Waals surface area contributed by atoms with Crippen molar-refractivity contribution in [2.24, 2.45) is 11.3 Å². The minimum Gasteiger partial charge on any atom is -0.478 e. The van der Waals surface area contributed by atoms with E-state index in [0.717, 1.165) is 18.9 Å². The van der Waals surface area contributed by atoms with Crippen molar-refractivity contribution in [3.8, 4) is 0 Å². The van der Waals surface area contributed by atoms with Crippen LogP contribution in [0.15, 0.2) is 25.3 Å². The monoisotopic (exact) mass is 268 g/mol. The summed E-state index contributed by atoms with van der Waals surface area (Å²) in [6.45, 7) is 13.1. The highest BCUT2D eigenvalue weighted by Gasteiger charge is 2.33. The average Bonchev–Trinajstić information content (AvgIpc) is 2.26. The first kappa shape index (κ1) is 17.4. The Morgan fingerprint density at radius 1 is 1.26 bits per heavy atom. The number of ether oxygens (including phenoxy) is 1. The number of hydrogen-bond acceptors (Lipinski definition) is 3. The molecule has 1 N–H and O–H groups in total. The molecule has 0 heterocycles. The number of hydrogen-bond donors (Lipinski definition) is 1. The van der Waals surface area contributed by atoms with E-state index in [9.17, 15) is 9.59 Å². The van der Waals surface area contributed by atoms with Gasteiger partial charge in [0.2, 0.25) is 0 Å². The SMILES string of the molecule is C=CC(=O)O.C=CC(=O)OC1CC(C)CC(C)(C)C1. The van der Waals surface area contributed by atoms with Crippen molar-refractivity contribution in [2.75, 3.05) is 0 Å². The molecule has 4 nitrogen and oxygen atoms in total. The van der Waals surface area contributed by atoms with Gasteiger partial charge in [0.25, 0.3) is 0 Å². The first-order chi connectivity index (χ1) is 8.70. The summed E-state index contributed by atoms with van der Waals surface area (Å²) in [5, 5.41) is 7.60. The topological polar surface area (TPSA) is 63.6 Å². The number of carboxylic acids is 1. The van der Waals surface area contributed by atoms with Crippen molar-refractivity contribution in [3.05, 3.63) is 25.3 Å². The van der Waals surface area contributed by atoms with E-state index in [1.54, 1.807) is 0 Å². The van der Waals surface area contributed by atoms with Crippen LogP contribution in [0.1, 0.15) is 40.0 Å². The second-order valence-electron chi connectivity index (χ2n) is 5.72. The maximum Gasteiger partial charge on any atom is 0.330 e. The molecule has 0 aromatic rings. The van der Waals surface area contributed by atoms with Crippen LogP contribution >= 0.6 is 0 Å². The molecule has 0 aromatic carbocycles. The van der Waals surface area contributed by atoms with Gasteiger partial charge in [-0.15, -0.1) is 0 Å². The van der Waals surface area contributed by atoms with Gasteiger partial charge in [-0.25, -0.2) is 9.59 Å². The Balaban J connectivity index is 0.000000555. The molecule has 0 aliphatic heterocycles. The van der Waals surface area contributed by atoms with Gasteiger partial charge in [-0.2, -0.15) is 0 Å². The fourth-order valence-corrected chi connectivity index (χ4v) is 2.56. The molecule has 0 aromatic heterocycles. The standard InChI is InChI=1S/C12H20O2.C3H4O2/c1-5-11(13)14-10-6-9(2)7-12(3,4)8-10;1-2-3(4)5/h5,9-10H,1,6-8H2,2-4H3;2H,1H2,(H,4,5). The molecule has 1 aliphatic carbocycles. The molecule has 1 saturated carbocycles. The zero-order valence-electron chi connectivity index (χ0n) is 12.0.